The van der Waals surface area contributed by atoms with Gasteiger partial charge in [0.15, 0.2) is 11.5 Å². The van der Waals surface area contributed by atoms with Crippen molar-refractivity contribution < 1.29 is 14.4 Å². The van der Waals surface area contributed by atoms with Gasteiger partial charge >= 0.3 is 0 Å². The molecule has 3 aromatic rings. The fourth-order valence-corrected chi connectivity index (χ4v) is 3.50. The van der Waals surface area contributed by atoms with E-state index in [0.29, 0.717) is 0 Å². The normalized spacial score (nSPS) is 11.5. The second-order valence-electron chi connectivity index (χ2n) is 7.47. The van der Waals surface area contributed by atoms with Gasteiger partial charge < -0.3 is 14.4 Å². The van der Waals surface area contributed by atoms with Crippen LogP contribution in [0.4, 0.5) is 0 Å². The summed E-state index contributed by atoms with van der Waals surface area (Å²) in [6, 6.07) is 27.1. The van der Waals surface area contributed by atoms with Gasteiger partial charge in [0.25, 0.3) is 0 Å². The number of quaternary nitrogens is 1. The predicted octanol–water partition coefficient (Wildman–Crippen LogP) is 4.56. The third-order valence-electron chi connectivity index (χ3n) is 5.25. The zero-order valence-corrected chi connectivity index (χ0v) is 18.5. The Labute approximate surface area is 186 Å². The molecule has 0 aliphatic heterocycles. The zero-order valence-electron chi connectivity index (χ0n) is 18.5. The van der Waals surface area contributed by atoms with E-state index in [0.717, 1.165) is 37.6 Å². The van der Waals surface area contributed by atoms with Crippen molar-refractivity contribution in [2.75, 3.05) is 33.9 Å². The van der Waals surface area contributed by atoms with Crippen LogP contribution in [0.1, 0.15) is 16.7 Å². The van der Waals surface area contributed by atoms with Crippen LogP contribution in [-0.4, -0.2) is 33.9 Å². The third kappa shape index (κ3) is 7.47. The Hall–Kier alpha value is -3.30. The van der Waals surface area contributed by atoms with Crippen LogP contribution in [0, 0.1) is 0 Å². The summed E-state index contributed by atoms with van der Waals surface area (Å²) in [6.45, 7) is 2.98. The van der Waals surface area contributed by atoms with Crippen molar-refractivity contribution in [2.24, 2.45) is 0 Å². The Morgan fingerprint density at radius 3 is 1.74 bits per heavy atom. The molecule has 0 aliphatic carbocycles. The maximum atomic E-state index is 5.46. The topological polar surface area (TPSA) is 22.9 Å². The van der Waals surface area contributed by atoms with E-state index in [-0.39, 0.29) is 0 Å². The number of hydrogen-bond acceptors (Lipinski definition) is 2. The van der Waals surface area contributed by atoms with E-state index in [2.05, 4.69) is 85.0 Å². The molecule has 0 radical (unpaired) electrons. The van der Waals surface area contributed by atoms with Crippen LogP contribution in [0.15, 0.2) is 91.0 Å². The maximum Gasteiger partial charge on any atom is 0.160 e. The van der Waals surface area contributed by atoms with Gasteiger partial charge in [-0.05, 0) is 41.0 Å². The van der Waals surface area contributed by atoms with Crippen molar-refractivity contribution in [3.05, 3.63) is 108 Å². The molecule has 0 saturated carbocycles. The van der Waals surface area contributed by atoms with Gasteiger partial charge in [0, 0.05) is 6.42 Å². The smallest absolute Gasteiger partial charge is 0.160 e. The summed E-state index contributed by atoms with van der Waals surface area (Å²) >= 11 is 0. The Kier molecular flexibility index (Phi) is 8.96. The second-order valence-corrected chi connectivity index (χ2v) is 7.47. The monoisotopic (exact) mass is 414 g/mol. The molecule has 160 valence electrons. The molecule has 1 N–H and O–H groups in total. The molecule has 0 heterocycles. The van der Waals surface area contributed by atoms with Crippen molar-refractivity contribution in [3.63, 3.8) is 0 Å². The van der Waals surface area contributed by atoms with Gasteiger partial charge in [-0.15, -0.1) is 0 Å². The molecular formula is C28H32NO2+. The van der Waals surface area contributed by atoms with Gasteiger partial charge in [-0.2, -0.15) is 0 Å². The van der Waals surface area contributed by atoms with Crippen LogP contribution in [0.3, 0.4) is 0 Å². The summed E-state index contributed by atoms with van der Waals surface area (Å²) in [5.41, 5.74) is 3.73. The lowest BCUT2D eigenvalue weighted by molar-refractivity contribution is -0.887. The fraction of sp³-hybridized carbons (Fsp3) is 0.214. The summed E-state index contributed by atoms with van der Waals surface area (Å²) in [6.07, 6.45) is 9.94. The van der Waals surface area contributed by atoms with Gasteiger partial charge in [-0.25, -0.2) is 0 Å². The van der Waals surface area contributed by atoms with Crippen LogP contribution < -0.4 is 14.4 Å². The Morgan fingerprint density at radius 1 is 0.677 bits per heavy atom. The van der Waals surface area contributed by atoms with Gasteiger partial charge in [-0.3, -0.25) is 0 Å². The molecule has 3 heteroatoms. The Morgan fingerprint density at radius 2 is 1.23 bits per heavy atom. The summed E-state index contributed by atoms with van der Waals surface area (Å²) in [4.78, 5) is 1.51. The predicted molar refractivity (Wildman–Crippen MR) is 130 cm³/mol. The number of rotatable bonds is 11. The number of hydrogen-bond donors (Lipinski definition) is 1. The lowest BCUT2D eigenvalue weighted by Gasteiger charge is -2.17. The lowest BCUT2D eigenvalue weighted by atomic mass is 10.1. The number of nitrogens with one attached hydrogen (secondary N) is 1. The molecule has 0 aromatic heterocycles. The number of benzene rings is 3. The first-order valence-corrected chi connectivity index (χ1v) is 10.8. The first-order chi connectivity index (χ1) is 15.3. The van der Waals surface area contributed by atoms with E-state index in [1.165, 1.54) is 21.6 Å². The van der Waals surface area contributed by atoms with Crippen molar-refractivity contribution in [1.29, 1.82) is 0 Å². The quantitative estimate of drug-likeness (QED) is 0.497. The van der Waals surface area contributed by atoms with E-state index in [1.807, 2.05) is 18.2 Å². The van der Waals surface area contributed by atoms with Crippen molar-refractivity contribution in [1.82, 2.24) is 0 Å². The highest BCUT2D eigenvalue weighted by atomic mass is 16.5. The summed E-state index contributed by atoms with van der Waals surface area (Å²) in [5.74, 6) is 1.56. The number of methoxy groups -OCH3 is 2. The van der Waals surface area contributed by atoms with Crippen molar-refractivity contribution in [3.8, 4) is 11.5 Å². The average Bonchev–Trinajstić information content (AvgIpc) is 2.83. The van der Waals surface area contributed by atoms with Gasteiger partial charge in [0.2, 0.25) is 0 Å². The highest BCUT2D eigenvalue weighted by Gasteiger charge is 2.09. The molecule has 0 amide bonds. The van der Waals surface area contributed by atoms with E-state index >= 15 is 0 Å². The van der Waals surface area contributed by atoms with Gasteiger partial charge in [0.1, 0.15) is 0 Å². The fourth-order valence-electron chi connectivity index (χ4n) is 3.50. The van der Waals surface area contributed by atoms with E-state index in [1.54, 1.807) is 14.2 Å². The van der Waals surface area contributed by atoms with Crippen LogP contribution >= 0.6 is 0 Å². The zero-order chi connectivity index (χ0) is 21.7. The molecule has 0 atom stereocenters. The van der Waals surface area contributed by atoms with Gasteiger partial charge in [0.05, 0.1) is 33.9 Å². The molecule has 3 nitrogen and oxygen atoms in total. The molecule has 0 unspecified atom stereocenters. The molecule has 3 rings (SSSR count). The van der Waals surface area contributed by atoms with Crippen molar-refractivity contribution >= 4 is 12.2 Å². The maximum absolute atomic E-state index is 5.46. The van der Waals surface area contributed by atoms with Crippen molar-refractivity contribution in [2.45, 2.75) is 6.42 Å². The van der Waals surface area contributed by atoms with Crippen LogP contribution in [0.5, 0.6) is 11.5 Å². The minimum atomic E-state index is 0.770. The SMILES string of the molecule is COc1ccc(CC[NH+](C/C=C/c2ccccc2)C/C=C/c2ccccc2)cc1OC. The lowest BCUT2D eigenvalue weighted by Crippen LogP contribution is -3.11. The average molecular weight is 415 g/mol. The van der Waals surface area contributed by atoms with E-state index in [9.17, 15) is 0 Å². The highest BCUT2D eigenvalue weighted by Crippen LogP contribution is 2.27. The molecule has 3 aromatic carbocycles. The highest BCUT2D eigenvalue weighted by molar-refractivity contribution is 5.49. The molecule has 0 saturated heterocycles. The minimum Gasteiger partial charge on any atom is -0.493 e. The molecule has 0 spiro atoms. The molecule has 0 fully saturated rings. The molecule has 0 aliphatic rings. The van der Waals surface area contributed by atoms with Crippen LogP contribution in [-0.2, 0) is 6.42 Å². The largest absolute Gasteiger partial charge is 0.493 e. The first kappa shape index (κ1) is 22.4. The minimum absolute atomic E-state index is 0.770. The second kappa shape index (κ2) is 12.4. The first-order valence-electron chi connectivity index (χ1n) is 10.8. The summed E-state index contributed by atoms with van der Waals surface area (Å²) < 4.78 is 10.8. The van der Waals surface area contributed by atoms with Gasteiger partial charge in [-0.1, -0.05) is 78.9 Å². The molecule has 31 heavy (non-hydrogen) atoms. The van der Waals surface area contributed by atoms with E-state index < -0.39 is 0 Å². The standard InChI is InChI=1S/C28H31NO2/c1-30-27-18-17-26(23-28(27)31-2)19-22-29(20-9-15-24-11-5-3-6-12-24)21-10-16-25-13-7-4-8-14-25/h3-18,23H,19-22H2,1-2H3/p+1/b15-9+,16-10+. The molecule has 0 bridgehead atoms. The van der Waals surface area contributed by atoms with Crippen LogP contribution in [0.2, 0.25) is 0 Å². The Balaban J connectivity index is 1.64. The third-order valence-corrected chi connectivity index (χ3v) is 5.25. The number of ether oxygens (including phenoxy) is 2. The summed E-state index contributed by atoms with van der Waals surface area (Å²) in [7, 11) is 3.35. The van der Waals surface area contributed by atoms with Crippen LogP contribution in [0.25, 0.3) is 12.2 Å². The Bertz CT molecular complexity index is 913. The molecular weight excluding hydrogens is 382 g/mol. The van der Waals surface area contributed by atoms with E-state index in [4.69, 9.17) is 9.47 Å². The summed E-state index contributed by atoms with van der Waals surface area (Å²) in [5, 5.41) is 0.